The van der Waals surface area contributed by atoms with E-state index in [0.717, 1.165) is 33.6 Å². The van der Waals surface area contributed by atoms with E-state index in [0.29, 0.717) is 5.82 Å². The number of para-hydroxylation sites is 2. The summed E-state index contributed by atoms with van der Waals surface area (Å²) in [6.07, 6.45) is 0. The first-order valence-corrected chi connectivity index (χ1v) is 10.0. The highest BCUT2D eigenvalue weighted by molar-refractivity contribution is 5.92. The second-order valence-electron chi connectivity index (χ2n) is 7.57. The lowest BCUT2D eigenvalue weighted by Crippen LogP contribution is -2.21. The summed E-state index contributed by atoms with van der Waals surface area (Å²) in [5, 5.41) is 3.02. The summed E-state index contributed by atoms with van der Waals surface area (Å²) in [4.78, 5) is 17.5. The van der Waals surface area contributed by atoms with Crippen LogP contribution in [0.3, 0.4) is 0 Å². The van der Waals surface area contributed by atoms with Crippen LogP contribution >= 0.6 is 0 Å². The third-order valence-corrected chi connectivity index (χ3v) is 5.05. The average molecular weight is 399 g/mol. The number of fused-ring (bicyclic) bond motifs is 1. The van der Waals surface area contributed by atoms with Crippen molar-refractivity contribution in [1.29, 1.82) is 0 Å². The number of nitrogens with one attached hydrogen (secondary N) is 1. The quantitative estimate of drug-likeness (QED) is 0.486. The molecule has 0 saturated carbocycles. The number of ether oxygens (including phenoxy) is 1. The molecule has 1 heterocycles. The number of carbonyl (C=O) groups is 1. The van der Waals surface area contributed by atoms with E-state index in [1.165, 1.54) is 5.56 Å². The molecule has 1 aromatic heterocycles. The van der Waals surface area contributed by atoms with Gasteiger partial charge in [-0.15, -0.1) is 0 Å². The van der Waals surface area contributed by atoms with E-state index >= 15 is 0 Å². The Morgan fingerprint density at radius 2 is 1.77 bits per heavy atom. The number of hydrogen-bond acceptors (Lipinski definition) is 3. The summed E-state index contributed by atoms with van der Waals surface area (Å²) < 4.78 is 7.88. The van der Waals surface area contributed by atoms with Gasteiger partial charge < -0.3 is 14.6 Å². The van der Waals surface area contributed by atoms with Crippen molar-refractivity contribution in [3.63, 3.8) is 0 Å². The highest BCUT2D eigenvalue weighted by Gasteiger charge is 2.15. The number of anilines is 1. The van der Waals surface area contributed by atoms with Crippen LogP contribution in [-0.2, 0) is 17.9 Å². The zero-order chi connectivity index (χ0) is 21.1. The predicted octanol–water partition coefficient (Wildman–Crippen LogP) is 5.18. The van der Waals surface area contributed by atoms with Gasteiger partial charge in [-0.3, -0.25) is 4.79 Å². The molecule has 4 aromatic rings. The fraction of sp³-hybridized carbons (Fsp3) is 0.200. The second kappa shape index (κ2) is 8.41. The fourth-order valence-corrected chi connectivity index (χ4v) is 3.55. The third kappa shape index (κ3) is 4.35. The lowest BCUT2D eigenvalue weighted by molar-refractivity contribution is -0.116. The monoisotopic (exact) mass is 399 g/mol. The summed E-state index contributed by atoms with van der Waals surface area (Å²) in [6.45, 7) is 6.52. The largest absolute Gasteiger partial charge is 0.486 e. The molecule has 0 saturated heterocycles. The molecule has 1 N–H and O–H groups in total. The molecule has 0 aliphatic carbocycles. The molecule has 0 unspecified atom stereocenters. The number of aryl methyl sites for hydroxylation is 3. The molecule has 0 bridgehead atoms. The highest BCUT2D eigenvalue weighted by atomic mass is 16.5. The average Bonchev–Trinajstić information content (AvgIpc) is 3.06. The van der Waals surface area contributed by atoms with Gasteiger partial charge in [-0.25, -0.2) is 4.98 Å². The molecule has 5 nitrogen and oxygen atoms in total. The topological polar surface area (TPSA) is 56.2 Å². The molecule has 4 rings (SSSR count). The Labute approximate surface area is 176 Å². The lowest BCUT2D eigenvalue weighted by Gasteiger charge is -2.13. The van der Waals surface area contributed by atoms with Crippen molar-refractivity contribution in [3.8, 4) is 5.75 Å². The van der Waals surface area contributed by atoms with Crippen LogP contribution in [0.1, 0.15) is 22.5 Å². The summed E-state index contributed by atoms with van der Waals surface area (Å²) in [6, 6.07) is 21.7. The third-order valence-electron chi connectivity index (χ3n) is 5.05. The van der Waals surface area contributed by atoms with Gasteiger partial charge in [-0.1, -0.05) is 42.0 Å². The van der Waals surface area contributed by atoms with Crippen LogP contribution in [0.4, 0.5) is 5.69 Å². The molecule has 0 fully saturated rings. The first kappa shape index (κ1) is 19.7. The molecule has 0 radical (unpaired) electrons. The van der Waals surface area contributed by atoms with E-state index in [2.05, 4.69) is 11.4 Å². The van der Waals surface area contributed by atoms with Crippen molar-refractivity contribution < 1.29 is 9.53 Å². The van der Waals surface area contributed by atoms with Gasteiger partial charge in [0.1, 0.15) is 24.7 Å². The Morgan fingerprint density at radius 1 is 0.967 bits per heavy atom. The van der Waals surface area contributed by atoms with Gasteiger partial charge in [0.05, 0.1) is 11.0 Å². The minimum absolute atomic E-state index is 0.0955. The number of hydrogen-bond donors (Lipinski definition) is 1. The number of amides is 1. The van der Waals surface area contributed by atoms with Gasteiger partial charge in [-0.2, -0.15) is 0 Å². The second-order valence-corrected chi connectivity index (χ2v) is 7.57. The molecule has 152 valence electrons. The van der Waals surface area contributed by atoms with Gasteiger partial charge >= 0.3 is 0 Å². The van der Waals surface area contributed by atoms with E-state index < -0.39 is 0 Å². The Morgan fingerprint density at radius 3 is 2.57 bits per heavy atom. The number of carbonyl (C=O) groups excluding carboxylic acids is 1. The standard InChI is InChI=1S/C25H25N3O2/c1-17-7-6-8-20(14-17)30-16-24-26-22-9-4-5-10-23(22)28(24)15-25(29)27-21-12-11-18(2)13-19(21)3/h4-14H,15-16H2,1-3H3,(H,27,29). The zero-order valence-corrected chi connectivity index (χ0v) is 17.5. The summed E-state index contributed by atoms with van der Waals surface area (Å²) >= 11 is 0. The molecule has 1 amide bonds. The molecule has 0 spiro atoms. The maximum Gasteiger partial charge on any atom is 0.244 e. The number of imidazole rings is 1. The van der Waals surface area contributed by atoms with E-state index in [9.17, 15) is 4.79 Å². The number of nitrogens with zero attached hydrogens (tertiary/aromatic N) is 2. The maximum atomic E-state index is 12.8. The van der Waals surface area contributed by atoms with Gasteiger partial charge in [0, 0.05) is 5.69 Å². The smallest absolute Gasteiger partial charge is 0.244 e. The van der Waals surface area contributed by atoms with Crippen LogP contribution in [0.15, 0.2) is 66.7 Å². The first-order chi connectivity index (χ1) is 14.5. The Bertz CT molecular complexity index is 1210. The van der Waals surface area contributed by atoms with Gasteiger partial charge in [0.2, 0.25) is 5.91 Å². The van der Waals surface area contributed by atoms with E-state index in [1.54, 1.807) is 0 Å². The van der Waals surface area contributed by atoms with Crippen LogP contribution in [0, 0.1) is 20.8 Å². The van der Waals surface area contributed by atoms with Crippen molar-refractivity contribution in [2.45, 2.75) is 33.9 Å². The van der Waals surface area contributed by atoms with Crippen molar-refractivity contribution in [2.75, 3.05) is 5.32 Å². The predicted molar refractivity (Wildman–Crippen MR) is 120 cm³/mol. The number of rotatable bonds is 6. The number of benzene rings is 3. The molecule has 0 aliphatic heterocycles. The minimum Gasteiger partial charge on any atom is -0.486 e. The molecular weight excluding hydrogens is 374 g/mol. The fourth-order valence-electron chi connectivity index (χ4n) is 3.55. The van der Waals surface area contributed by atoms with E-state index in [-0.39, 0.29) is 19.1 Å². The van der Waals surface area contributed by atoms with Crippen LogP contribution < -0.4 is 10.1 Å². The summed E-state index contributed by atoms with van der Waals surface area (Å²) in [7, 11) is 0. The van der Waals surface area contributed by atoms with Crippen LogP contribution in [0.2, 0.25) is 0 Å². The van der Waals surface area contributed by atoms with Crippen LogP contribution in [-0.4, -0.2) is 15.5 Å². The molecule has 30 heavy (non-hydrogen) atoms. The molecule has 3 aromatic carbocycles. The molecular formula is C25H25N3O2. The number of aromatic nitrogens is 2. The minimum atomic E-state index is -0.0955. The molecule has 5 heteroatoms. The van der Waals surface area contributed by atoms with Crippen molar-refractivity contribution >= 4 is 22.6 Å². The van der Waals surface area contributed by atoms with Gasteiger partial charge in [-0.05, 0) is 62.2 Å². The molecule has 0 atom stereocenters. The van der Waals surface area contributed by atoms with Crippen LogP contribution in [0.25, 0.3) is 11.0 Å². The van der Waals surface area contributed by atoms with Crippen LogP contribution in [0.5, 0.6) is 5.75 Å². The normalized spacial score (nSPS) is 10.9. The summed E-state index contributed by atoms with van der Waals surface area (Å²) in [5.41, 5.74) is 5.93. The Hall–Kier alpha value is -3.60. The van der Waals surface area contributed by atoms with Crippen molar-refractivity contribution in [3.05, 3.63) is 89.2 Å². The first-order valence-electron chi connectivity index (χ1n) is 10.0. The molecule has 0 aliphatic rings. The highest BCUT2D eigenvalue weighted by Crippen LogP contribution is 2.20. The lowest BCUT2D eigenvalue weighted by atomic mass is 10.1. The van der Waals surface area contributed by atoms with Gasteiger partial charge in [0.25, 0.3) is 0 Å². The Balaban J connectivity index is 1.57. The van der Waals surface area contributed by atoms with Crippen molar-refractivity contribution in [2.24, 2.45) is 0 Å². The van der Waals surface area contributed by atoms with E-state index in [4.69, 9.17) is 9.72 Å². The SMILES string of the molecule is Cc1cccc(OCc2nc3ccccc3n2CC(=O)Nc2ccc(C)cc2C)c1. The van der Waals surface area contributed by atoms with Gasteiger partial charge in [0.15, 0.2) is 0 Å². The summed E-state index contributed by atoms with van der Waals surface area (Å²) in [5.74, 6) is 1.41. The zero-order valence-electron chi connectivity index (χ0n) is 17.5. The maximum absolute atomic E-state index is 12.8. The Kier molecular flexibility index (Phi) is 5.53. The van der Waals surface area contributed by atoms with Crippen molar-refractivity contribution in [1.82, 2.24) is 9.55 Å². The van der Waals surface area contributed by atoms with E-state index in [1.807, 2.05) is 86.0 Å².